The number of hydrogen-bond acceptors (Lipinski definition) is 5. The Labute approximate surface area is 146 Å². The van der Waals surface area contributed by atoms with E-state index >= 15 is 0 Å². The summed E-state index contributed by atoms with van der Waals surface area (Å²) in [5.41, 5.74) is 0.584. The maximum Gasteiger partial charge on any atom is 0.305 e. The molecule has 3 N–H and O–H groups in total. The second kappa shape index (κ2) is 8.61. The van der Waals surface area contributed by atoms with Crippen LogP contribution in [0.1, 0.15) is 37.7 Å². The SMILES string of the molecule is O=C(O)CCNC(=O)CCCCCN=C1NS(=O)(=O)c2ccccc21. The summed E-state index contributed by atoms with van der Waals surface area (Å²) in [6, 6.07) is 6.69. The third-order valence-corrected chi connectivity index (χ3v) is 5.05. The number of amidine groups is 1. The van der Waals surface area contributed by atoms with Crippen molar-refractivity contribution in [3.05, 3.63) is 29.8 Å². The van der Waals surface area contributed by atoms with Crippen LogP contribution in [0.25, 0.3) is 0 Å². The van der Waals surface area contributed by atoms with Crippen LogP contribution in [-0.4, -0.2) is 44.3 Å². The number of benzene rings is 1. The number of nitrogens with zero attached hydrogens (tertiary/aromatic N) is 1. The monoisotopic (exact) mass is 367 g/mol. The van der Waals surface area contributed by atoms with Gasteiger partial charge in [-0.15, -0.1) is 0 Å². The Hall–Kier alpha value is -2.42. The average Bonchev–Trinajstić information content (AvgIpc) is 2.82. The van der Waals surface area contributed by atoms with Crippen molar-refractivity contribution in [2.24, 2.45) is 4.99 Å². The Kier molecular flexibility index (Phi) is 6.51. The summed E-state index contributed by atoms with van der Waals surface area (Å²) in [5, 5.41) is 11.0. The van der Waals surface area contributed by atoms with Gasteiger partial charge in [-0.3, -0.25) is 19.3 Å². The van der Waals surface area contributed by atoms with E-state index < -0.39 is 16.0 Å². The summed E-state index contributed by atoms with van der Waals surface area (Å²) < 4.78 is 26.3. The van der Waals surface area contributed by atoms with Gasteiger partial charge in [-0.25, -0.2) is 8.42 Å². The second-order valence-corrected chi connectivity index (χ2v) is 7.29. The summed E-state index contributed by atoms with van der Waals surface area (Å²) in [6.07, 6.45) is 2.44. The third kappa shape index (κ3) is 5.56. The topological polar surface area (TPSA) is 125 Å². The van der Waals surface area contributed by atoms with Gasteiger partial charge in [-0.05, 0) is 25.0 Å². The highest BCUT2D eigenvalue weighted by Crippen LogP contribution is 2.22. The van der Waals surface area contributed by atoms with Gasteiger partial charge >= 0.3 is 5.97 Å². The van der Waals surface area contributed by atoms with Crippen molar-refractivity contribution in [3.8, 4) is 0 Å². The van der Waals surface area contributed by atoms with Crippen molar-refractivity contribution >= 4 is 27.7 Å². The van der Waals surface area contributed by atoms with Crippen LogP contribution in [0.2, 0.25) is 0 Å². The van der Waals surface area contributed by atoms with Crippen LogP contribution in [0, 0.1) is 0 Å². The number of hydrogen-bond donors (Lipinski definition) is 3. The van der Waals surface area contributed by atoms with E-state index in [1.807, 2.05) is 0 Å². The largest absolute Gasteiger partial charge is 0.481 e. The Morgan fingerprint density at radius 1 is 1.12 bits per heavy atom. The molecule has 0 saturated heterocycles. The molecule has 0 bridgehead atoms. The predicted molar refractivity (Wildman–Crippen MR) is 91.9 cm³/mol. The molecular formula is C16H21N3O5S. The first-order valence-corrected chi connectivity index (χ1v) is 9.53. The van der Waals surface area contributed by atoms with Gasteiger partial charge in [0.25, 0.3) is 10.0 Å². The molecule has 0 radical (unpaired) electrons. The van der Waals surface area contributed by atoms with Crippen molar-refractivity contribution in [3.63, 3.8) is 0 Å². The number of fused-ring (bicyclic) bond motifs is 1. The van der Waals surface area contributed by atoms with Gasteiger partial charge in [0.15, 0.2) is 0 Å². The molecule has 0 aliphatic carbocycles. The van der Waals surface area contributed by atoms with E-state index in [9.17, 15) is 18.0 Å². The Morgan fingerprint density at radius 3 is 2.64 bits per heavy atom. The molecule has 1 aliphatic rings. The predicted octanol–water partition coefficient (Wildman–Crippen LogP) is 0.876. The van der Waals surface area contributed by atoms with E-state index in [0.717, 1.165) is 12.8 Å². The lowest BCUT2D eigenvalue weighted by Gasteiger charge is -2.03. The molecule has 2 rings (SSSR count). The molecule has 1 aromatic carbocycles. The zero-order valence-corrected chi connectivity index (χ0v) is 14.5. The van der Waals surface area contributed by atoms with E-state index in [1.54, 1.807) is 24.3 Å². The first-order valence-electron chi connectivity index (χ1n) is 8.05. The lowest BCUT2D eigenvalue weighted by molar-refractivity contribution is -0.136. The average molecular weight is 367 g/mol. The molecule has 136 valence electrons. The number of unbranched alkanes of at least 4 members (excludes halogenated alkanes) is 2. The maximum atomic E-state index is 11.9. The molecule has 0 saturated carbocycles. The first-order chi connectivity index (χ1) is 11.9. The fraction of sp³-hybridized carbons (Fsp3) is 0.438. The summed E-state index contributed by atoms with van der Waals surface area (Å²) >= 11 is 0. The number of carboxylic acid groups (broad SMARTS) is 1. The van der Waals surface area contributed by atoms with Crippen molar-refractivity contribution in [1.82, 2.24) is 10.0 Å². The number of aliphatic carboxylic acids is 1. The molecular weight excluding hydrogens is 346 g/mol. The molecule has 25 heavy (non-hydrogen) atoms. The number of nitrogens with one attached hydrogen (secondary N) is 2. The van der Waals surface area contributed by atoms with Crippen molar-refractivity contribution < 1.29 is 23.1 Å². The number of amides is 1. The van der Waals surface area contributed by atoms with Crippen LogP contribution in [-0.2, 0) is 19.6 Å². The fourth-order valence-corrected chi connectivity index (χ4v) is 3.66. The van der Waals surface area contributed by atoms with Gasteiger partial charge in [0.05, 0.1) is 11.3 Å². The molecule has 1 aliphatic heterocycles. The van der Waals surface area contributed by atoms with Crippen LogP contribution < -0.4 is 10.0 Å². The number of carbonyl (C=O) groups excluding carboxylic acids is 1. The highest BCUT2D eigenvalue weighted by molar-refractivity contribution is 7.90. The van der Waals surface area contributed by atoms with Crippen LogP contribution in [0.4, 0.5) is 0 Å². The van der Waals surface area contributed by atoms with Gasteiger partial charge in [0.2, 0.25) is 5.91 Å². The molecule has 9 heteroatoms. The van der Waals surface area contributed by atoms with Crippen LogP contribution in [0.15, 0.2) is 34.2 Å². The molecule has 0 atom stereocenters. The van der Waals surface area contributed by atoms with Crippen LogP contribution >= 0.6 is 0 Å². The molecule has 0 unspecified atom stereocenters. The minimum atomic E-state index is -3.50. The highest BCUT2D eigenvalue weighted by Gasteiger charge is 2.29. The van der Waals surface area contributed by atoms with Crippen molar-refractivity contribution in [1.29, 1.82) is 0 Å². The minimum Gasteiger partial charge on any atom is -0.481 e. The summed E-state index contributed by atoms with van der Waals surface area (Å²) in [4.78, 5) is 26.3. The molecule has 0 fully saturated rings. The normalized spacial score (nSPS) is 16.2. The van der Waals surface area contributed by atoms with Gasteiger partial charge in [0, 0.05) is 25.1 Å². The Balaban J connectivity index is 1.69. The van der Waals surface area contributed by atoms with E-state index in [-0.39, 0.29) is 23.8 Å². The zero-order valence-electron chi connectivity index (χ0n) is 13.7. The molecule has 1 amide bonds. The Bertz CT molecular complexity index is 774. The maximum absolute atomic E-state index is 11.9. The number of carbonyl (C=O) groups is 2. The smallest absolute Gasteiger partial charge is 0.305 e. The van der Waals surface area contributed by atoms with Gasteiger partial charge in [0.1, 0.15) is 5.84 Å². The quantitative estimate of drug-likeness (QED) is 0.559. The minimum absolute atomic E-state index is 0.0827. The second-order valence-electron chi connectivity index (χ2n) is 5.64. The van der Waals surface area contributed by atoms with Gasteiger partial charge < -0.3 is 10.4 Å². The lowest BCUT2D eigenvalue weighted by atomic mass is 10.2. The molecule has 0 aromatic heterocycles. The zero-order chi connectivity index (χ0) is 18.3. The lowest BCUT2D eigenvalue weighted by Crippen LogP contribution is -2.25. The van der Waals surface area contributed by atoms with Crippen molar-refractivity contribution in [2.75, 3.05) is 13.1 Å². The highest BCUT2D eigenvalue weighted by atomic mass is 32.2. The van der Waals surface area contributed by atoms with E-state index in [1.165, 1.54) is 0 Å². The molecule has 8 nitrogen and oxygen atoms in total. The van der Waals surface area contributed by atoms with Gasteiger partial charge in [-0.1, -0.05) is 18.6 Å². The summed E-state index contributed by atoms with van der Waals surface area (Å²) in [7, 11) is -3.50. The number of rotatable bonds is 9. The van der Waals surface area contributed by atoms with Crippen LogP contribution in [0.3, 0.4) is 0 Å². The van der Waals surface area contributed by atoms with Gasteiger partial charge in [-0.2, -0.15) is 0 Å². The summed E-state index contributed by atoms with van der Waals surface area (Å²) in [5.74, 6) is -0.740. The van der Waals surface area contributed by atoms with Crippen molar-refractivity contribution in [2.45, 2.75) is 37.0 Å². The molecule has 1 aromatic rings. The number of carboxylic acids is 1. The molecule has 1 heterocycles. The standard InChI is InChI=1S/C16H21N3O5S/c20-14(17-11-9-15(21)22)8-2-1-5-10-18-16-12-6-3-4-7-13(12)25(23,24)19-16/h3-4,6-7H,1-2,5,8-11H2,(H,17,20)(H,18,19)(H,21,22). The van der Waals surface area contributed by atoms with E-state index in [2.05, 4.69) is 15.0 Å². The van der Waals surface area contributed by atoms with Crippen LogP contribution in [0.5, 0.6) is 0 Å². The molecule has 0 spiro atoms. The van der Waals surface area contributed by atoms with E-state index in [0.29, 0.717) is 30.8 Å². The van der Waals surface area contributed by atoms with E-state index in [4.69, 9.17) is 5.11 Å². The fourth-order valence-electron chi connectivity index (χ4n) is 2.41. The first kappa shape index (κ1) is 18.9. The summed E-state index contributed by atoms with van der Waals surface area (Å²) in [6.45, 7) is 0.605. The number of sulfonamides is 1. The Morgan fingerprint density at radius 2 is 1.88 bits per heavy atom. The third-order valence-electron chi connectivity index (χ3n) is 3.66. The number of aliphatic imine (C=N–C) groups is 1.